The van der Waals surface area contributed by atoms with Crippen LogP contribution in [0, 0.1) is 0 Å². The first-order valence-corrected chi connectivity index (χ1v) is 5.90. The minimum absolute atomic E-state index is 0.574. The van der Waals surface area contributed by atoms with Gasteiger partial charge in [0.1, 0.15) is 0 Å². The first-order chi connectivity index (χ1) is 6.77. The van der Waals surface area contributed by atoms with E-state index in [-0.39, 0.29) is 0 Å². The highest BCUT2D eigenvalue weighted by atomic mass is 15.3. The Morgan fingerprint density at radius 1 is 1.29 bits per heavy atom. The molecule has 0 spiro atoms. The quantitative estimate of drug-likeness (QED) is 0.663. The molecule has 2 N–H and O–H groups in total. The van der Waals surface area contributed by atoms with Gasteiger partial charge in [-0.25, -0.2) is 0 Å². The number of rotatable bonds is 5. The number of likely N-dealkylation sites (N-methyl/N-ethyl adjacent to an activating group) is 1. The van der Waals surface area contributed by atoms with Crippen LogP contribution in [0.1, 0.15) is 26.2 Å². The van der Waals surface area contributed by atoms with E-state index in [9.17, 15) is 0 Å². The Morgan fingerprint density at radius 3 is 2.71 bits per heavy atom. The third-order valence-electron chi connectivity index (χ3n) is 3.21. The van der Waals surface area contributed by atoms with Gasteiger partial charge in [0.15, 0.2) is 0 Å². The summed E-state index contributed by atoms with van der Waals surface area (Å²) in [6, 6.07) is 0.574. The highest BCUT2D eigenvalue weighted by Gasteiger charge is 2.22. The number of nitrogens with zero attached hydrogens (tertiary/aromatic N) is 2. The van der Waals surface area contributed by atoms with Crippen molar-refractivity contribution < 1.29 is 0 Å². The lowest BCUT2D eigenvalue weighted by Gasteiger charge is -2.38. The molecule has 0 aliphatic carbocycles. The van der Waals surface area contributed by atoms with Crippen LogP contribution in [0.3, 0.4) is 0 Å². The molecule has 1 atom stereocenters. The molecule has 0 aromatic heterocycles. The highest BCUT2D eigenvalue weighted by molar-refractivity contribution is 4.80. The average Bonchev–Trinajstić information content (AvgIpc) is 2.21. The second-order valence-corrected chi connectivity index (χ2v) is 4.38. The predicted molar refractivity (Wildman–Crippen MR) is 61.4 cm³/mol. The summed E-state index contributed by atoms with van der Waals surface area (Å²) < 4.78 is 0. The second kappa shape index (κ2) is 6.38. The van der Waals surface area contributed by atoms with Crippen LogP contribution in [0.5, 0.6) is 0 Å². The zero-order valence-corrected chi connectivity index (χ0v) is 9.71. The van der Waals surface area contributed by atoms with E-state index >= 15 is 0 Å². The van der Waals surface area contributed by atoms with Gasteiger partial charge in [0.2, 0.25) is 0 Å². The Labute approximate surface area is 88.2 Å². The molecule has 1 heterocycles. The van der Waals surface area contributed by atoms with Gasteiger partial charge in [-0.15, -0.1) is 0 Å². The van der Waals surface area contributed by atoms with Gasteiger partial charge in [-0.05, 0) is 20.0 Å². The molecule has 0 bridgehead atoms. The van der Waals surface area contributed by atoms with Crippen molar-refractivity contribution in [2.24, 2.45) is 5.73 Å². The molecule has 0 saturated carbocycles. The van der Waals surface area contributed by atoms with Crippen LogP contribution in [0.2, 0.25) is 0 Å². The van der Waals surface area contributed by atoms with Gasteiger partial charge in [-0.1, -0.05) is 19.8 Å². The summed E-state index contributed by atoms with van der Waals surface area (Å²) in [4.78, 5) is 4.95. The number of unbranched alkanes of at least 4 members (excludes halogenated alkanes) is 2. The summed E-state index contributed by atoms with van der Waals surface area (Å²) >= 11 is 0. The third kappa shape index (κ3) is 3.56. The minimum Gasteiger partial charge on any atom is -0.329 e. The van der Waals surface area contributed by atoms with Crippen LogP contribution < -0.4 is 5.73 Å². The lowest BCUT2D eigenvalue weighted by atomic mass is 10.1. The maximum absolute atomic E-state index is 5.74. The molecule has 1 rings (SSSR count). The maximum atomic E-state index is 5.74. The van der Waals surface area contributed by atoms with Crippen LogP contribution in [0.25, 0.3) is 0 Å². The van der Waals surface area contributed by atoms with Crippen LogP contribution in [-0.2, 0) is 0 Å². The first-order valence-electron chi connectivity index (χ1n) is 5.90. The summed E-state index contributed by atoms with van der Waals surface area (Å²) in [7, 11) is 2.18. The van der Waals surface area contributed by atoms with Gasteiger partial charge >= 0.3 is 0 Å². The molecular formula is C11H25N3. The summed E-state index contributed by atoms with van der Waals surface area (Å²) in [6.07, 6.45) is 4.02. The van der Waals surface area contributed by atoms with E-state index in [1.807, 2.05) is 0 Å². The van der Waals surface area contributed by atoms with Crippen molar-refractivity contribution in [1.82, 2.24) is 9.80 Å². The molecule has 14 heavy (non-hydrogen) atoms. The summed E-state index contributed by atoms with van der Waals surface area (Å²) in [6.45, 7) is 7.87. The van der Waals surface area contributed by atoms with Crippen LogP contribution in [0.4, 0.5) is 0 Å². The molecule has 0 aromatic rings. The van der Waals surface area contributed by atoms with Gasteiger partial charge in [0.05, 0.1) is 0 Å². The van der Waals surface area contributed by atoms with Crippen molar-refractivity contribution in [3.8, 4) is 0 Å². The molecular weight excluding hydrogens is 174 g/mol. The number of hydrogen-bond donors (Lipinski definition) is 1. The summed E-state index contributed by atoms with van der Waals surface area (Å²) in [5.41, 5.74) is 5.74. The van der Waals surface area contributed by atoms with E-state index in [0.717, 1.165) is 13.1 Å². The summed E-state index contributed by atoms with van der Waals surface area (Å²) in [5.74, 6) is 0. The fourth-order valence-electron chi connectivity index (χ4n) is 2.05. The van der Waals surface area contributed by atoms with E-state index in [0.29, 0.717) is 6.04 Å². The van der Waals surface area contributed by atoms with E-state index in [1.54, 1.807) is 0 Å². The highest BCUT2D eigenvalue weighted by Crippen LogP contribution is 2.08. The largest absolute Gasteiger partial charge is 0.329 e. The van der Waals surface area contributed by atoms with E-state index in [2.05, 4.69) is 23.8 Å². The zero-order chi connectivity index (χ0) is 10.4. The van der Waals surface area contributed by atoms with Gasteiger partial charge in [0, 0.05) is 32.2 Å². The van der Waals surface area contributed by atoms with Crippen molar-refractivity contribution in [1.29, 1.82) is 0 Å². The van der Waals surface area contributed by atoms with Gasteiger partial charge in [-0.3, -0.25) is 4.90 Å². The molecule has 0 radical (unpaired) electrons. The minimum atomic E-state index is 0.574. The molecule has 1 saturated heterocycles. The predicted octanol–water partition coefficient (Wildman–Crippen LogP) is 0.751. The van der Waals surface area contributed by atoms with E-state index in [4.69, 9.17) is 5.73 Å². The van der Waals surface area contributed by atoms with E-state index in [1.165, 1.54) is 38.9 Å². The van der Waals surface area contributed by atoms with E-state index < -0.39 is 0 Å². The first kappa shape index (κ1) is 12.0. The SMILES string of the molecule is CCCCCN1CCN(C)C(CN)C1. The van der Waals surface area contributed by atoms with Crippen molar-refractivity contribution >= 4 is 0 Å². The molecule has 3 heteroatoms. The Bertz CT molecular complexity index is 149. The Morgan fingerprint density at radius 2 is 2.07 bits per heavy atom. The fourth-order valence-corrected chi connectivity index (χ4v) is 2.05. The fraction of sp³-hybridized carbons (Fsp3) is 1.00. The normalized spacial score (nSPS) is 25.5. The Balaban J connectivity index is 2.21. The molecule has 1 unspecified atom stereocenters. The number of hydrogen-bond acceptors (Lipinski definition) is 3. The number of piperazine rings is 1. The Hall–Kier alpha value is -0.120. The molecule has 3 nitrogen and oxygen atoms in total. The average molecular weight is 199 g/mol. The number of nitrogens with two attached hydrogens (primary N) is 1. The second-order valence-electron chi connectivity index (χ2n) is 4.38. The van der Waals surface area contributed by atoms with Crippen molar-refractivity contribution in [2.75, 3.05) is 39.8 Å². The van der Waals surface area contributed by atoms with Gasteiger partial charge in [0.25, 0.3) is 0 Å². The topological polar surface area (TPSA) is 32.5 Å². The van der Waals surface area contributed by atoms with Gasteiger partial charge < -0.3 is 10.6 Å². The summed E-state index contributed by atoms with van der Waals surface area (Å²) in [5, 5.41) is 0. The van der Waals surface area contributed by atoms with Crippen molar-refractivity contribution in [3.63, 3.8) is 0 Å². The zero-order valence-electron chi connectivity index (χ0n) is 9.71. The van der Waals surface area contributed by atoms with Crippen LogP contribution in [0.15, 0.2) is 0 Å². The maximum Gasteiger partial charge on any atom is 0.0343 e. The van der Waals surface area contributed by atoms with Gasteiger partial charge in [-0.2, -0.15) is 0 Å². The van der Waals surface area contributed by atoms with Crippen LogP contribution in [-0.4, -0.2) is 55.6 Å². The monoisotopic (exact) mass is 199 g/mol. The molecule has 0 aromatic carbocycles. The standard InChI is InChI=1S/C11H25N3/c1-3-4-5-6-14-8-7-13(2)11(9-12)10-14/h11H,3-10,12H2,1-2H3. The molecule has 1 fully saturated rings. The van der Waals surface area contributed by atoms with Crippen LogP contribution >= 0.6 is 0 Å². The molecule has 1 aliphatic heterocycles. The Kier molecular flexibility index (Phi) is 5.45. The van der Waals surface area contributed by atoms with Crippen molar-refractivity contribution in [3.05, 3.63) is 0 Å². The lowest BCUT2D eigenvalue weighted by molar-refractivity contribution is 0.0984. The smallest absolute Gasteiger partial charge is 0.0343 e. The third-order valence-corrected chi connectivity index (χ3v) is 3.21. The van der Waals surface area contributed by atoms with Crippen molar-refractivity contribution in [2.45, 2.75) is 32.2 Å². The molecule has 84 valence electrons. The molecule has 0 amide bonds. The lowest BCUT2D eigenvalue weighted by Crippen LogP contribution is -2.54. The molecule has 1 aliphatic rings.